The number of carbonyl (C=O) groups excluding carboxylic acids is 1. The zero-order valence-corrected chi connectivity index (χ0v) is 9.48. The molecule has 0 spiro atoms. The van der Waals surface area contributed by atoms with E-state index < -0.39 is 0 Å². The van der Waals surface area contributed by atoms with Gasteiger partial charge in [0, 0.05) is 17.4 Å². The molecule has 3 N–H and O–H groups in total. The number of anilines is 2. The van der Waals surface area contributed by atoms with Crippen LogP contribution in [0.1, 0.15) is 10.4 Å². The van der Waals surface area contributed by atoms with E-state index in [1.165, 1.54) is 18.7 Å². The molecule has 6 heteroatoms. The second kappa shape index (κ2) is 4.80. The van der Waals surface area contributed by atoms with Gasteiger partial charge in [-0.05, 0) is 18.2 Å². The average Bonchev–Trinajstić information content (AvgIpc) is 2.35. The summed E-state index contributed by atoms with van der Waals surface area (Å²) in [5, 5.41) is 3.14. The van der Waals surface area contributed by atoms with Crippen LogP contribution in [0.15, 0.2) is 36.9 Å². The van der Waals surface area contributed by atoms with Gasteiger partial charge >= 0.3 is 0 Å². The molecular weight excluding hydrogens is 240 g/mol. The van der Waals surface area contributed by atoms with E-state index in [4.69, 9.17) is 17.3 Å². The Labute approximate surface area is 103 Å². The van der Waals surface area contributed by atoms with Crippen molar-refractivity contribution < 1.29 is 4.79 Å². The smallest absolute Gasteiger partial charge is 0.258 e. The van der Waals surface area contributed by atoms with E-state index in [0.717, 1.165) is 0 Å². The third-order valence-electron chi connectivity index (χ3n) is 2.09. The predicted molar refractivity (Wildman–Crippen MR) is 65.8 cm³/mol. The highest BCUT2D eigenvalue weighted by atomic mass is 35.5. The molecule has 0 aliphatic rings. The number of amides is 1. The highest BCUT2D eigenvalue weighted by molar-refractivity contribution is 6.31. The van der Waals surface area contributed by atoms with Crippen molar-refractivity contribution in [3.05, 3.63) is 47.5 Å². The number of nitrogens with two attached hydrogens (primary N) is 1. The van der Waals surface area contributed by atoms with Gasteiger partial charge in [-0.2, -0.15) is 0 Å². The number of carbonyl (C=O) groups is 1. The molecular formula is C11H9ClN4O. The van der Waals surface area contributed by atoms with Crippen LogP contribution in [0.25, 0.3) is 0 Å². The molecule has 0 saturated heterocycles. The molecule has 5 nitrogen and oxygen atoms in total. The molecule has 0 bridgehead atoms. The van der Waals surface area contributed by atoms with Gasteiger partial charge in [-0.1, -0.05) is 11.6 Å². The maximum absolute atomic E-state index is 11.8. The zero-order chi connectivity index (χ0) is 12.3. The summed E-state index contributed by atoms with van der Waals surface area (Å²) in [6, 6.07) is 4.86. The fourth-order valence-electron chi connectivity index (χ4n) is 1.25. The van der Waals surface area contributed by atoms with Gasteiger partial charge in [-0.3, -0.25) is 4.79 Å². The Bertz CT molecular complexity index is 544. The molecule has 2 aromatic rings. The average molecular weight is 249 g/mol. The molecule has 86 valence electrons. The predicted octanol–water partition coefficient (Wildman–Crippen LogP) is 1.96. The summed E-state index contributed by atoms with van der Waals surface area (Å²) in [6.45, 7) is 0. The first-order valence-corrected chi connectivity index (χ1v) is 5.16. The number of nitrogens with one attached hydrogen (secondary N) is 1. The number of hydrogen-bond acceptors (Lipinski definition) is 4. The van der Waals surface area contributed by atoms with Crippen molar-refractivity contribution in [3.63, 3.8) is 0 Å². The minimum absolute atomic E-state index is 0.334. The second-order valence-electron chi connectivity index (χ2n) is 3.31. The molecule has 0 fully saturated rings. The lowest BCUT2D eigenvalue weighted by Gasteiger charge is -2.07. The third-order valence-corrected chi connectivity index (χ3v) is 2.32. The van der Waals surface area contributed by atoms with Crippen LogP contribution in [0.4, 0.5) is 11.4 Å². The third kappa shape index (κ3) is 2.70. The van der Waals surface area contributed by atoms with Gasteiger partial charge in [0.25, 0.3) is 5.91 Å². The zero-order valence-electron chi connectivity index (χ0n) is 8.72. The Morgan fingerprint density at radius 3 is 2.71 bits per heavy atom. The van der Waals surface area contributed by atoms with E-state index in [1.807, 2.05) is 0 Å². The van der Waals surface area contributed by atoms with E-state index in [2.05, 4.69) is 15.3 Å². The van der Waals surface area contributed by atoms with Gasteiger partial charge in [-0.25, -0.2) is 9.97 Å². The number of benzene rings is 1. The Morgan fingerprint density at radius 1 is 1.29 bits per heavy atom. The summed E-state index contributed by atoms with van der Waals surface area (Å²) in [5.74, 6) is -0.334. The Morgan fingerprint density at radius 2 is 2.00 bits per heavy atom. The molecule has 1 aromatic heterocycles. The van der Waals surface area contributed by atoms with Gasteiger partial charge in [-0.15, -0.1) is 0 Å². The first-order valence-electron chi connectivity index (χ1n) is 4.78. The molecule has 0 radical (unpaired) electrons. The Kier molecular flexibility index (Phi) is 3.20. The first kappa shape index (κ1) is 11.3. The van der Waals surface area contributed by atoms with Crippen molar-refractivity contribution in [2.45, 2.75) is 0 Å². The monoisotopic (exact) mass is 248 g/mol. The minimum atomic E-state index is -0.334. The molecule has 2 rings (SSSR count). The fraction of sp³-hybridized carbons (Fsp3) is 0. The standard InChI is InChI=1S/C11H9ClN4O/c12-8-1-2-9(13)10(3-8)16-11(17)7-4-14-6-15-5-7/h1-6H,13H2,(H,16,17). The topological polar surface area (TPSA) is 80.9 Å². The lowest BCUT2D eigenvalue weighted by molar-refractivity contribution is 0.102. The number of halogens is 1. The maximum Gasteiger partial charge on any atom is 0.258 e. The van der Waals surface area contributed by atoms with E-state index in [0.29, 0.717) is 22.0 Å². The lowest BCUT2D eigenvalue weighted by atomic mass is 10.2. The van der Waals surface area contributed by atoms with Crippen LogP contribution in [-0.2, 0) is 0 Å². The molecule has 17 heavy (non-hydrogen) atoms. The Balaban J connectivity index is 2.22. The molecule has 0 aliphatic carbocycles. The largest absolute Gasteiger partial charge is 0.397 e. The van der Waals surface area contributed by atoms with E-state index >= 15 is 0 Å². The number of nitrogens with zero attached hydrogens (tertiary/aromatic N) is 2. The molecule has 1 aromatic carbocycles. The first-order chi connectivity index (χ1) is 8.16. The van der Waals surface area contributed by atoms with E-state index in [9.17, 15) is 4.79 Å². The van der Waals surface area contributed by atoms with Crippen LogP contribution in [0.3, 0.4) is 0 Å². The minimum Gasteiger partial charge on any atom is -0.397 e. The maximum atomic E-state index is 11.8. The quantitative estimate of drug-likeness (QED) is 0.796. The molecule has 1 amide bonds. The summed E-state index contributed by atoms with van der Waals surface area (Å²) in [7, 11) is 0. The van der Waals surface area contributed by atoms with Crippen LogP contribution in [0, 0.1) is 0 Å². The Hall–Kier alpha value is -2.14. The van der Waals surface area contributed by atoms with Crippen LogP contribution >= 0.6 is 11.6 Å². The van der Waals surface area contributed by atoms with Gasteiger partial charge in [0.15, 0.2) is 0 Å². The summed E-state index contributed by atoms with van der Waals surface area (Å²) in [4.78, 5) is 19.3. The molecule has 1 heterocycles. The van der Waals surface area contributed by atoms with Crippen molar-refractivity contribution in [2.75, 3.05) is 11.1 Å². The summed E-state index contributed by atoms with van der Waals surface area (Å²) < 4.78 is 0. The number of rotatable bonds is 2. The van der Waals surface area contributed by atoms with Crippen molar-refractivity contribution in [2.24, 2.45) is 0 Å². The SMILES string of the molecule is Nc1ccc(Cl)cc1NC(=O)c1cncnc1. The number of aromatic nitrogens is 2. The summed E-state index contributed by atoms with van der Waals surface area (Å²) >= 11 is 5.81. The highest BCUT2D eigenvalue weighted by Gasteiger charge is 2.08. The van der Waals surface area contributed by atoms with E-state index in [1.54, 1.807) is 18.2 Å². The van der Waals surface area contributed by atoms with Crippen LogP contribution in [-0.4, -0.2) is 15.9 Å². The van der Waals surface area contributed by atoms with Gasteiger partial charge < -0.3 is 11.1 Å². The molecule has 0 saturated carbocycles. The van der Waals surface area contributed by atoms with Crippen molar-refractivity contribution in [1.29, 1.82) is 0 Å². The molecule has 0 atom stereocenters. The highest BCUT2D eigenvalue weighted by Crippen LogP contribution is 2.23. The normalized spacial score (nSPS) is 9.94. The fourth-order valence-corrected chi connectivity index (χ4v) is 1.42. The van der Waals surface area contributed by atoms with Crippen LogP contribution < -0.4 is 11.1 Å². The van der Waals surface area contributed by atoms with Crippen LogP contribution in [0.5, 0.6) is 0 Å². The summed E-state index contributed by atoms with van der Waals surface area (Å²) in [5.41, 5.74) is 6.97. The van der Waals surface area contributed by atoms with Gasteiger partial charge in [0.1, 0.15) is 6.33 Å². The van der Waals surface area contributed by atoms with Crippen molar-refractivity contribution in [1.82, 2.24) is 9.97 Å². The molecule has 0 unspecified atom stereocenters. The number of nitrogen functional groups attached to an aromatic ring is 1. The van der Waals surface area contributed by atoms with Gasteiger partial charge in [0.2, 0.25) is 0 Å². The second-order valence-corrected chi connectivity index (χ2v) is 3.75. The molecule has 0 aliphatic heterocycles. The van der Waals surface area contributed by atoms with Crippen molar-refractivity contribution >= 4 is 28.9 Å². The summed E-state index contributed by atoms with van der Waals surface area (Å²) in [6.07, 6.45) is 4.19. The number of hydrogen-bond donors (Lipinski definition) is 2. The van der Waals surface area contributed by atoms with E-state index in [-0.39, 0.29) is 5.91 Å². The van der Waals surface area contributed by atoms with Crippen LogP contribution in [0.2, 0.25) is 5.02 Å². The van der Waals surface area contributed by atoms with Crippen molar-refractivity contribution in [3.8, 4) is 0 Å². The lowest BCUT2D eigenvalue weighted by Crippen LogP contribution is -2.13. The van der Waals surface area contributed by atoms with Gasteiger partial charge in [0.05, 0.1) is 16.9 Å².